The summed E-state index contributed by atoms with van der Waals surface area (Å²) < 4.78 is 10.5. The Kier molecular flexibility index (Phi) is 5.21. The van der Waals surface area contributed by atoms with Gasteiger partial charge in [0, 0.05) is 18.3 Å². The van der Waals surface area contributed by atoms with Crippen molar-refractivity contribution < 1.29 is 28.6 Å². The number of rotatable bonds is 6. The van der Waals surface area contributed by atoms with Gasteiger partial charge in [-0.05, 0) is 37.1 Å². The van der Waals surface area contributed by atoms with Crippen LogP contribution in [-0.2, 0) is 9.59 Å². The van der Waals surface area contributed by atoms with E-state index in [4.69, 9.17) is 14.3 Å². The van der Waals surface area contributed by atoms with Crippen LogP contribution in [0.15, 0.2) is 47.1 Å². The van der Waals surface area contributed by atoms with Gasteiger partial charge in [-0.15, -0.1) is 0 Å². The minimum atomic E-state index is -1.00. The Labute approximate surface area is 149 Å². The first kappa shape index (κ1) is 17.5. The second-order valence-corrected chi connectivity index (χ2v) is 5.83. The lowest BCUT2D eigenvalue weighted by molar-refractivity contribution is -0.148. The van der Waals surface area contributed by atoms with Crippen LogP contribution in [-0.4, -0.2) is 47.0 Å². The van der Waals surface area contributed by atoms with Crippen molar-refractivity contribution in [2.75, 3.05) is 18.5 Å². The fourth-order valence-electron chi connectivity index (χ4n) is 2.81. The molecule has 1 saturated heterocycles. The van der Waals surface area contributed by atoms with Crippen molar-refractivity contribution >= 4 is 23.5 Å². The molecule has 8 nitrogen and oxygen atoms in total. The zero-order valence-electron chi connectivity index (χ0n) is 13.9. The molecule has 1 aliphatic heterocycles. The van der Waals surface area contributed by atoms with E-state index in [0.29, 0.717) is 30.8 Å². The summed E-state index contributed by atoms with van der Waals surface area (Å²) in [4.78, 5) is 36.6. The molecule has 0 saturated carbocycles. The van der Waals surface area contributed by atoms with Crippen LogP contribution in [0.3, 0.4) is 0 Å². The normalized spacial score (nSPS) is 16.3. The third kappa shape index (κ3) is 4.02. The first-order chi connectivity index (χ1) is 12.5. The van der Waals surface area contributed by atoms with Crippen LogP contribution in [0.4, 0.5) is 5.69 Å². The van der Waals surface area contributed by atoms with Gasteiger partial charge in [-0.2, -0.15) is 0 Å². The van der Waals surface area contributed by atoms with Crippen molar-refractivity contribution in [1.82, 2.24) is 4.90 Å². The number of carbonyl (C=O) groups excluding carboxylic acids is 2. The molecule has 0 bridgehead atoms. The van der Waals surface area contributed by atoms with E-state index in [1.807, 2.05) is 0 Å². The Bertz CT molecular complexity index is 802. The molecule has 2 aromatic rings. The maximum atomic E-state index is 12.2. The van der Waals surface area contributed by atoms with Crippen LogP contribution in [0, 0.1) is 0 Å². The maximum absolute atomic E-state index is 12.2. The number of benzene rings is 1. The minimum absolute atomic E-state index is 0.181. The molecule has 0 spiro atoms. The Morgan fingerprint density at radius 2 is 2.12 bits per heavy atom. The van der Waals surface area contributed by atoms with Gasteiger partial charge in [0.05, 0.1) is 6.26 Å². The number of likely N-dealkylation sites (tertiary alicyclic amines) is 1. The van der Waals surface area contributed by atoms with Gasteiger partial charge >= 0.3 is 5.97 Å². The second kappa shape index (κ2) is 7.73. The topological polar surface area (TPSA) is 109 Å². The van der Waals surface area contributed by atoms with E-state index >= 15 is 0 Å². The Morgan fingerprint density at radius 3 is 2.85 bits per heavy atom. The third-order valence-corrected chi connectivity index (χ3v) is 4.06. The summed E-state index contributed by atoms with van der Waals surface area (Å²) in [5, 5.41) is 11.8. The average molecular weight is 358 g/mol. The standard InChI is InChI=1S/C18H18N2O6/c21-16(20-8-2-6-14(20)18(23)24)11-26-13-5-1-4-12(10-13)19-17(22)15-7-3-9-25-15/h1,3-5,7,9-10,14H,2,6,8,11H2,(H,19,22)(H,23,24). The molecular formula is C18H18N2O6. The van der Waals surface area contributed by atoms with E-state index in [1.165, 1.54) is 11.2 Å². The molecule has 2 heterocycles. The fraction of sp³-hybridized carbons (Fsp3) is 0.278. The molecule has 2 N–H and O–H groups in total. The Balaban J connectivity index is 1.58. The van der Waals surface area contributed by atoms with Crippen molar-refractivity contribution in [2.45, 2.75) is 18.9 Å². The average Bonchev–Trinajstić information content (AvgIpc) is 3.31. The zero-order valence-corrected chi connectivity index (χ0v) is 13.9. The highest BCUT2D eigenvalue weighted by Gasteiger charge is 2.33. The highest BCUT2D eigenvalue weighted by Crippen LogP contribution is 2.20. The molecule has 3 rings (SSSR count). The van der Waals surface area contributed by atoms with Crippen molar-refractivity contribution in [3.63, 3.8) is 0 Å². The smallest absolute Gasteiger partial charge is 0.326 e. The fourth-order valence-corrected chi connectivity index (χ4v) is 2.81. The minimum Gasteiger partial charge on any atom is -0.484 e. The molecular weight excluding hydrogens is 340 g/mol. The van der Waals surface area contributed by atoms with Gasteiger partial charge in [0.1, 0.15) is 11.8 Å². The van der Waals surface area contributed by atoms with Crippen LogP contribution >= 0.6 is 0 Å². The number of nitrogens with one attached hydrogen (secondary N) is 1. The SMILES string of the molecule is O=C(Nc1cccc(OCC(=O)N2CCCC2C(=O)O)c1)c1ccco1. The molecule has 0 aliphatic carbocycles. The lowest BCUT2D eigenvalue weighted by atomic mass is 10.2. The van der Waals surface area contributed by atoms with Gasteiger partial charge in [0.2, 0.25) is 0 Å². The molecule has 1 aromatic heterocycles. The number of anilines is 1. The number of aliphatic carboxylic acids is 1. The Morgan fingerprint density at radius 1 is 1.27 bits per heavy atom. The second-order valence-electron chi connectivity index (χ2n) is 5.83. The number of carboxylic acid groups (broad SMARTS) is 1. The monoisotopic (exact) mass is 358 g/mol. The number of hydrogen-bond acceptors (Lipinski definition) is 5. The van der Waals surface area contributed by atoms with Gasteiger partial charge in [0.25, 0.3) is 11.8 Å². The lowest BCUT2D eigenvalue weighted by Crippen LogP contribution is -2.42. The predicted molar refractivity (Wildman–Crippen MR) is 91.0 cm³/mol. The number of hydrogen-bond donors (Lipinski definition) is 2. The van der Waals surface area contributed by atoms with Crippen molar-refractivity contribution in [1.29, 1.82) is 0 Å². The van der Waals surface area contributed by atoms with E-state index in [9.17, 15) is 14.4 Å². The highest BCUT2D eigenvalue weighted by atomic mass is 16.5. The summed E-state index contributed by atoms with van der Waals surface area (Å²) in [6.07, 6.45) is 2.52. The molecule has 1 aliphatic rings. The summed E-state index contributed by atoms with van der Waals surface area (Å²) in [5.41, 5.74) is 0.487. The van der Waals surface area contributed by atoms with Crippen molar-refractivity contribution in [2.24, 2.45) is 0 Å². The van der Waals surface area contributed by atoms with E-state index < -0.39 is 17.9 Å². The summed E-state index contributed by atoms with van der Waals surface area (Å²) in [6, 6.07) is 8.95. The van der Waals surface area contributed by atoms with E-state index in [2.05, 4.69) is 5.32 Å². The summed E-state index contributed by atoms with van der Waals surface area (Å²) >= 11 is 0. The largest absolute Gasteiger partial charge is 0.484 e. The van der Waals surface area contributed by atoms with Crippen molar-refractivity contribution in [3.8, 4) is 5.75 Å². The van der Waals surface area contributed by atoms with Crippen LogP contribution in [0.5, 0.6) is 5.75 Å². The van der Waals surface area contributed by atoms with Gasteiger partial charge in [-0.1, -0.05) is 6.07 Å². The summed E-state index contributed by atoms with van der Waals surface area (Å²) in [5.74, 6) is -1.20. The quantitative estimate of drug-likeness (QED) is 0.817. The van der Waals surface area contributed by atoms with Gasteiger partial charge < -0.3 is 24.5 Å². The molecule has 26 heavy (non-hydrogen) atoms. The lowest BCUT2D eigenvalue weighted by Gasteiger charge is -2.21. The van der Waals surface area contributed by atoms with E-state index in [1.54, 1.807) is 36.4 Å². The number of furan rings is 1. The number of amides is 2. The van der Waals surface area contributed by atoms with E-state index in [0.717, 1.165) is 0 Å². The highest BCUT2D eigenvalue weighted by molar-refractivity contribution is 6.02. The van der Waals surface area contributed by atoms with E-state index in [-0.39, 0.29) is 18.3 Å². The van der Waals surface area contributed by atoms with Gasteiger partial charge in [-0.25, -0.2) is 4.79 Å². The molecule has 136 valence electrons. The van der Waals surface area contributed by atoms with Crippen LogP contribution < -0.4 is 10.1 Å². The molecule has 1 unspecified atom stereocenters. The number of carboxylic acids is 1. The number of carbonyl (C=O) groups is 3. The van der Waals surface area contributed by atoms with Crippen LogP contribution in [0.25, 0.3) is 0 Å². The number of nitrogens with zero attached hydrogens (tertiary/aromatic N) is 1. The first-order valence-electron chi connectivity index (χ1n) is 8.14. The van der Waals surface area contributed by atoms with Crippen LogP contribution in [0.2, 0.25) is 0 Å². The molecule has 1 aromatic carbocycles. The van der Waals surface area contributed by atoms with Crippen molar-refractivity contribution in [3.05, 3.63) is 48.4 Å². The molecule has 2 amide bonds. The molecule has 0 radical (unpaired) electrons. The molecule has 8 heteroatoms. The Hall–Kier alpha value is -3.29. The van der Waals surface area contributed by atoms with Gasteiger partial charge in [0.15, 0.2) is 12.4 Å². The summed E-state index contributed by atoms with van der Waals surface area (Å²) in [7, 11) is 0. The first-order valence-corrected chi connectivity index (χ1v) is 8.14. The third-order valence-electron chi connectivity index (χ3n) is 4.06. The van der Waals surface area contributed by atoms with Gasteiger partial charge in [-0.3, -0.25) is 9.59 Å². The maximum Gasteiger partial charge on any atom is 0.326 e. The molecule has 1 atom stereocenters. The summed E-state index contributed by atoms with van der Waals surface area (Å²) in [6.45, 7) is 0.151. The van der Waals surface area contributed by atoms with Crippen LogP contribution in [0.1, 0.15) is 23.4 Å². The number of ether oxygens (including phenoxy) is 1. The predicted octanol–water partition coefficient (Wildman–Crippen LogP) is 1.99. The molecule has 1 fully saturated rings. The zero-order chi connectivity index (χ0) is 18.5.